The van der Waals surface area contributed by atoms with Crippen LogP contribution in [0.3, 0.4) is 0 Å². The summed E-state index contributed by atoms with van der Waals surface area (Å²) in [6.07, 6.45) is 3.47. The number of carbonyl (C=O) groups is 1. The Hall–Kier alpha value is -4.93. The number of fused-ring (bicyclic) bond motifs is 1. The maximum atomic E-state index is 12.0. The molecule has 41 heavy (non-hydrogen) atoms. The molecule has 0 spiro atoms. The topological polar surface area (TPSA) is 132 Å². The van der Waals surface area contributed by atoms with Crippen LogP contribution in [0.2, 0.25) is 0 Å². The highest BCUT2D eigenvalue weighted by Gasteiger charge is 2.19. The van der Waals surface area contributed by atoms with E-state index in [1.165, 1.54) is 0 Å². The number of ether oxygens (including phenoxy) is 2. The van der Waals surface area contributed by atoms with Crippen molar-refractivity contribution in [1.82, 2.24) is 35.3 Å². The van der Waals surface area contributed by atoms with Crippen molar-refractivity contribution in [3.8, 4) is 28.7 Å². The molecule has 1 amide bonds. The van der Waals surface area contributed by atoms with Crippen LogP contribution >= 0.6 is 0 Å². The van der Waals surface area contributed by atoms with Crippen molar-refractivity contribution in [3.05, 3.63) is 67.0 Å². The van der Waals surface area contributed by atoms with Gasteiger partial charge >= 0.3 is 0 Å². The van der Waals surface area contributed by atoms with Gasteiger partial charge in [-0.25, -0.2) is 9.55 Å². The Morgan fingerprint density at radius 1 is 1.00 bits per heavy atom. The van der Waals surface area contributed by atoms with Gasteiger partial charge in [-0.1, -0.05) is 33.8 Å². The van der Waals surface area contributed by atoms with Gasteiger partial charge in [-0.15, -0.1) is 10.2 Å². The molecule has 3 aromatic heterocycles. The van der Waals surface area contributed by atoms with Crippen LogP contribution in [0.1, 0.15) is 41.5 Å². The maximum Gasteiger partial charge on any atom is 0.258 e. The molecule has 0 radical (unpaired) electrons. The largest absolute Gasteiger partial charge is 0.493 e. The third-order valence-electron chi connectivity index (χ3n) is 5.47. The van der Waals surface area contributed by atoms with Crippen LogP contribution in [-0.2, 0) is 4.79 Å². The lowest BCUT2D eigenvalue weighted by Crippen LogP contribution is -2.34. The maximum absolute atomic E-state index is 12.0. The monoisotopic (exact) mass is 558 g/mol. The number of rotatable bonds is 9. The molecule has 5 rings (SSSR count). The molecule has 0 saturated heterocycles. The van der Waals surface area contributed by atoms with Gasteiger partial charge in [-0.2, -0.15) is 5.10 Å². The first-order valence-corrected chi connectivity index (χ1v) is 13.7. The Balaban J connectivity index is 0.00000111. The summed E-state index contributed by atoms with van der Waals surface area (Å²) in [7, 11) is 1.54. The SMILES string of the molecule is CC.CC.COc1cc(-c2nnc(Nc3ccc4[nH]ncc4c3)n2-c2ccccn2)ccc1OCC(=O)NC(C)C. The molecule has 5 aromatic rings. The summed E-state index contributed by atoms with van der Waals surface area (Å²) in [5, 5.41) is 23.0. The van der Waals surface area contributed by atoms with Gasteiger partial charge in [0, 0.05) is 28.9 Å². The van der Waals surface area contributed by atoms with Crippen molar-refractivity contribution < 1.29 is 14.3 Å². The van der Waals surface area contributed by atoms with Gasteiger partial charge in [0.25, 0.3) is 5.91 Å². The van der Waals surface area contributed by atoms with Gasteiger partial charge in [0.15, 0.2) is 23.9 Å². The summed E-state index contributed by atoms with van der Waals surface area (Å²) >= 11 is 0. The van der Waals surface area contributed by atoms with Gasteiger partial charge < -0.3 is 20.1 Å². The molecule has 2 aromatic carbocycles. The van der Waals surface area contributed by atoms with Crippen LogP contribution in [-0.4, -0.2) is 55.6 Å². The number of nitrogens with zero attached hydrogens (tertiary/aromatic N) is 5. The fourth-order valence-corrected chi connectivity index (χ4v) is 3.84. The van der Waals surface area contributed by atoms with Crippen molar-refractivity contribution in [2.24, 2.45) is 0 Å². The Morgan fingerprint density at radius 3 is 2.51 bits per heavy atom. The van der Waals surface area contributed by atoms with Crippen molar-refractivity contribution in [3.63, 3.8) is 0 Å². The Labute approximate surface area is 240 Å². The molecule has 3 heterocycles. The number of benzene rings is 2. The summed E-state index contributed by atoms with van der Waals surface area (Å²) in [4.78, 5) is 16.5. The molecule has 11 heteroatoms. The van der Waals surface area contributed by atoms with E-state index in [4.69, 9.17) is 9.47 Å². The molecule has 0 aliphatic rings. The first-order valence-electron chi connectivity index (χ1n) is 13.7. The number of anilines is 2. The zero-order chi connectivity index (χ0) is 29.8. The third-order valence-corrected chi connectivity index (χ3v) is 5.47. The molecule has 0 fully saturated rings. The van der Waals surface area contributed by atoms with Crippen molar-refractivity contribution in [1.29, 1.82) is 0 Å². The second kappa shape index (κ2) is 15.0. The van der Waals surface area contributed by atoms with Crippen LogP contribution in [0, 0.1) is 0 Å². The van der Waals surface area contributed by atoms with E-state index in [9.17, 15) is 4.79 Å². The van der Waals surface area contributed by atoms with Crippen LogP contribution in [0.5, 0.6) is 11.5 Å². The molecule has 0 atom stereocenters. The summed E-state index contributed by atoms with van der Waals surface area (Å²) in [5.74, 6) is 2.37. The van der Waals surface area contributed by atoms with E-state index in [0.29, 0.717) is 29.1 Å². The number of aromatic nitrogens is 6. The lowest BCUT2D eigenvalue weighted by Gasteiger charge is -2.14. The number of hydrogen-bond acceptors (Lipinski definition) is 8. The van der Waals surface area contributed by atoms with E-state index in [0.717, 1.165) is 22.2 Å². The summed E-state index contributed by atoms with van der Waals surface area (Å²) in [6, 6.07) is 16.9. The van der Waals surface area contributed by atoms with Gasteiger partial charge in [-0.05, 0) is 62.4 Å². The highest BCUT2D eigenvalue weighted by Crippen LogP contribution is 2.34. The number of hydrogen-bond donors (Lipinski definition) is 3. The average Bonchev–Trinajstić information content (AvgIpc) is 3.65. The number of carbonyl (C=O) groups excluding carboxylic acids is 1. The fourth-order valence-electron chi connectivity index (χ4n) is 3.84. The molecule has 0 unspecified atom stereocenters. The quantitative estimate of drug-likeness (QED) is 0.203. The van der Waals surface area contributed by atoms with Crippen LogP contribution in [0.4, 0.5) is 11.6 Å². The average molecular weight is 559 g/mol. The Morgan fingerprint density at radius 2 is 1.80 bits per heavy atom. The molecule has 0 aliphatic heterocycles. The van der Waals surface area contributed by atoms with E-state index in [1.807, 2.05) is 88.6 Å². The summed E-state index contributed by atoms with van der Waals surface area (Å²) in [6.45, 7) is 11.7. The van der Waals surface area contributed by atoms with Crippen LogP contribution < -0.4 is 20.1 Å². The predicted octanol–water partition coefficient (Wildman–Crippen LogP) is 5.91. The number of pyridine rings is 1. The van der Waals surface area contributed by atoms with Gasteiger partial charge in [-0.3, -0.25) is 9.89 Å². The predicted molar refractivity (Wildman–Crippen MR) is 162 cm³/mol. The fraction of sp³-hybridized carbons (Fsp3) is 0.300. The molecule has 11 nitrogen and oxygen atoms in total. The zero-order valence-corrected chi connectivity index (χ0v) is 24.6. The second-order valence-electron chi connectivity index (χ2n) is 8.54. The van der Waals surface area contributed by atoms with E-state index < -0.39 is 0 Å². The standard InChI is InChI=1S/C26H26N8O3.2C2H6/c1-16(2)29-24(35)15-37-21-10-7-17(13-22(21)36-3)25-32-33-26(34(25)23-6-4-5-11-27-23)30-19-8-9-20-18(12-19)14-28-31-20;2*1-2/h4-14,16H,15H2,1-3H3,(H,28,31)(H,29,35)(H,30,33);2*1-2H3. The second-order valence-corrected chi connectivity index (χ2v) is 8.54. The highest BCUT2D eigenvalue weighted by atomic mass is 16.5. The van der Waals surface area contributed by atoms with E-state index in [-0.39, 0.29) is 18.6 Å². The van der Waals surface area contributed by atoms with Crippen molar-refractivity contribution in [2.45, 2.75) is 47.6 Å². The lowest BCUT2D eigenvalue weighted by molar-refractivity contribution is -0.123. The smallest absolute Gasteiger partial charge is 0.258 e. The normalized spacial score (nSPS) is 10.2. The molecular weight excluding hydrogens is 520 g/mol. The molecule has 0 aliphatic carbocycles. The van der Waals surface area contributed by atoms with Crippen LogP contribution in [0.15, 0.2) is 67.0 Å². The van der Waals surface area contributed by atoms with E-state index in [1.54, 1.807) is 31.6 Å². The minimum Gasteiger partial charge on any atom is -0.493 e. The molecule has 3 N–H and O–H groups in total. The number of methoxy groups -OCH3 is 1. The summed E-state index contributed by atoms with van der Waals surface area (Å²) < 4.78 is 13.1. The number of amides is 1. The lowest BCUT2D eigenvalue weighted by atomic mass is 10.2. The molecular formula is C30H38N8O3. The Kier molecular flexibility index (Phi) is 11.2. The summed E-state index contributed by atoms with van der Waals surface area (Å²) in [5.41, 5.74) is 2.49. The first kappa shape index (κ1) is 30.6. The Bertz CT molecular complexity index is 1530. The first-order chi connectivity index (χ1) is 20.0. The van der Waals surface area contributed by atoms with Crippen molar-refractivity contribution >= 4 is 28.4 Å². The third kappa shape index (κ3) is 7.59. The zero-order valence-electron chi connectivity index (χ0n) is 24.6. The van der Waals surface area contributed by atoms with E-state index >= 15 is 0 Å². The molecule has 0 bridgehead atoms. The van der Waals surface area contributed by atoms with Crippen LogP contribution in [0.25, 0.3) is 28.1 Å². The molecule has 216 valence electrons. The van der Waals surface area contributed by atoms with Gasteiger partial charge in [0.1, 0.15) is 5.82 Å². The minimum atomic E-state index is -0.208. The molecule has 0 saturated carbocycles. The van der Waals surface area contributed by atoms with Gasteiger partial charge in [0.2, 0.25) is 5.95 Å². The van der Waals surface area contributed by atoms with E-state index in [2.05, 4.69) is 36.0 Å². The number of aromatic amines is 1. The highest BCUT2D eigenvalue weighted by molar-refractivity contribution is 5.82. The number of nitrogens with one attached hydrogen (secondary N) is 3. The van der Waals surface area contributed by atoms with Crippen molar-refractivity contribution in [2.75, 3.05) is 19.0 Å². The number of H-pyrrole nitrogens is 1. The minimum absolute atomic E-state index is 0.0303. The van der Waals surface area contributed by atoms with Gasteiger partial charge in [0.05, 0.1) is 18.8 Å².